The van der Waals surface area contributed by atoms with Crippen LogP contribution in [0.15, 0.2) is 65.1 Å². The van der Waals surface area contributed by atoms with Gasteiger partial charge in [-0.15, -0.1) is 11.3 Å². The number of thiazole rings is 1. The summed E-state index contributed by atoms with van der Waals surface area (Å²) in [6, 6.07) is 17.8. The van der Waals surface area contributed by atoms with Crippen molar-refractivity contribution in [3.63, 3.8) is 0 Å². The number of hydrogen-bond acceptors (Lipinski definition) is 5. The number of benzene rings is 2. The lowest BCUT2D eigenvalue weighted by Crippen LogP contribution is -2.26. The van der Waals surface area contributed by atoms with E-state index in [-0.39, 0.29) is 18.4 Å². The molecule has 0 spiro atoms. The number of carbonyl (C=O) groups excluding carboxylic acids is 1. The summed E-state index contributed by atoms with van der Waals surface area (Å²) >= 11 is 1.54. The predicted molar refractivity (Wildman–Crippen MR) is 106 cm³/mol. The van der Waals surface area contributed by atoms with E-state index in [9.17, 15) is 4.79 Å². The molecule has 1 unspecified atom stereocenters. The highest BCUT2D eigenvalue weighted by Crippen LogP contribution is 2.34. The number of ether oxygens (including phenoxy) is 1. The van der Waals surface area contributed by atoms with Crippen molar-refractivity contribution in [2.24, 2.45) is 5.10 Å². The number of para-hydroxylation sites is 1. The second kappa shape index (κ2) is 7.72. The van der Waals surface area contributed by atoms with Gasteiger partial charge in [-0.05, 0) is 24.6 Å². The van der Waals surface area contributed by atoms with Crippen LogP contribution in [0.3, 0.4) is 0 Å². The molecule has 1 atom stereocenters. The Balaban J connectivity index is 1.54. The van der Waals surface area contributed by atoms with Gasteiger partial charge in [0.15, 0.2) is 0 Å². The van der Waals surface area contributed by atoms with Crippen LogP contribution in [0.4, 0.5) is 0 Å². The molecule has 1 aromatic heterocycles. The molecule has 2 heterocycles. The van der Waals surface area contributed by atoms with Gasteiger partial charge in [0.1, 0.15) is 11.9 Å². The predicted octanol–water partition coefficient (Wildman–Crippen LogP) is 4.04. The maximum atomic E-state index is 12.2. The Morgan fingerprint density at radius 3 is 2.78 bits per heavy atom. The average Bonchev–Trinajstić information content (AvgIpc) is 3.11. The first-order chi connectivity index (χ1) is 13.2. The average molecular weight is 377 g/mol. The molecule has 0 saturated heterocycles. The zero-order valence-electron chi connectivity index (χ0n) is 14.9. The molecule has 0 bridgehead atoms. The molecule has 1 aliphatic heterocycles. The van der Waals surface area contributed by atoms with Crippen molar-refractivity contribution in [1.82, 2.24) is 10.4 Å². The second-order valence-electron chi connectivity index (χ2n) is 6.35. The van der Waals surface area contributed by atoms with Crippen LogP contribution in [0.25, 0.3) is 0 Å². The maximum Gasteiger partial charge on any atom is 0.246 e. The van der Waals surface area contributed by atoms with Gasteiger partial charge in [0, 0.05) is 17.4 Å². The van der Waals surface area contributed by atoms with Crippen LogP contribution >= 0.6 is 11.3 Å². The Labute approximate surface area is 161 Å². The van der Waals surface area contributed by atoms with Gasteiger partial charge in [-0.25, -0.2) is 10.4 Å². The van der Waals surface area contributed by atoms with Crippen molar-refractivity contribution in [3.05, 3.63) is 81.8 Å². The lowest BCUT2D eigenvalue weighted by molar-refractivity contribution is -0.120. The van der Waals surface area contributed by atoms with Gasteiger partial charge in [0.25, 0.3) is 0 Å². The second-order valence-corrected chi connectivity index (χ2v) is 7.41. The molecule has 5 nitrogen and oxygen atoms in total. The van der Waals surface area contributed by atoms with Crippen molar-refractivity contribution >= 4 is 23.0 Å². The first-order valence-electron chi connectivity index (χ1n) is 8.76. The molecule has 1 aliphatic rings. The Morgan fingerprint density at radius 1 is 1.22 bits per heavy atom. The number of hydrazone groups is 1. The van der Waals surface area contributed by atoms with E-state index in [1.165, 1.54) is 11.3 Å². The van der Waals surface area contributed by atoms with Gasteiger partial charge in [0.2, 0.25) is 5.91 Å². The Kier molecular flexibility index (Phi) is 4.98. The molecule has 1 N–H and O–H groups in total. The molecule has 0 fully saturated rings. The number of aryl methyl sites for hydroxylation is 1. The summed E-state index contributed by atoms with van der Waals surface area (Å²) in [5.74, 6) is 0.605. The van der Waals surface area contributed by atoms with Crippen LogP contribution in [0.1, 0.15) is 34.4 Å². The molecule has 27 heavy (non-hydrogen) atoms. The lowest BCUT2D eigenvalue weighted by atomic mass is 9.96. The quantitative estimate of drug-likeness (QED) is 0.698. The molecular weight excluding hydrogens is 358 g/mol. The molecule has 3 aromatic rings. The monoisotopic (exact) mass is 377 g/mol. The summed E-state index contributed by atoms with van der Waals surface area (Å²) in [5, 5.41) is 7.27. The van der Waals surface area contributed by atoms with E-state index >= 15 is 0 Å². The standard InChI is InChI=1S/C21H19N3O2S/c1-14-22-16(13-27-14)11-21(25)24-23-18-12-20(15-7-3-2-4-8-15)26-19-10-6-5-9-17(18)19/h2-10,13,20H,11-12H2,1H3,(H,24,25)/b23-18+. The smallest absolute Gasteiger partial charge is 0.246 e. The van der Waals surface area contributed by atoms with E-state index in [0.717, 1.165) is 33.3 Å². The Hall–Kier alpha value is -2.99. The van der Waals surface area contributed by atoms with Gasteiger partial charge in [0.05, 0.1) is 22.8 Å². The minimum atomic E-state index is -0.173. The number of rotatable bonds is 4. The molecule has 136 valence electrons. The van der Waals surface area contributed by atoms with E-state index in [0.29, 0.717) is 6.42 Å². The van der Waals surface area contributed by atoms with Gasteiger partial charge in [-0.1, -0.05) is 42.5 Å². The lowest BCUT2D eigenvalue weighted by Gasteiger charge is -2.27. The largest absolute Gasteiger partial charge is 0.485 e. The summed E-state index contributed by atoms with van der Waals surface area (Å²) < 4.78 is 6.15. The number of nitrogens with one attached hydrogen (secondary N) is 1. The Bertz CT molecular complexity index is 982. The van der Waals surface area contributed by atoms with Crippen molar-refractivity contribution in [2.75, 3.05) is 0 Å². The first-order valence-corrected chi connectivity index (χ1v) is 9.64. The van der Waals surface area contributed by atoms with Crippen molar-refractivity contribution in [2.45, 2.75) is 25.9 Å². The fourth-order valence-corrected chi connectivity index (χ4v) is 3.68. The molecule has 4 rings (SSSR count). The summed E-state index contributed by atoms with van der Waals surface area (Å²) in [4.78, 5) is 16.6. The summed E-state index contributed by atoms with van der Waals surface area (Å²) in [7, 11) is 0. The Morgan fingerprint density at radius 2 is 2.00 bits per heavy atom. The third-order valence-electron chi connectivity index (χ3n) is 4.34. The molecule has 0 saturated carbocycles. The maximum absolute atomic E-state index is 12.2. The van der Waals surface area contributed by atoms with Crippen LogP contribution in [0, 0.1) is 6.92 Å². The minimum Gasteiger partial charge on any atom is -0.485 e. The van der Waals surface area contributed by atoms with Crippen LogP contribution in [0.5, 0.6) is 5.75 Å². The minimum absolute atomic E-state index is 0.127. The number of hydrogen-bond donors (Lipinski definition) is 1. The van der Waals surface area contributed by atoms with E-state index in [1.807, 2.05) is 66.9 Å². The van der Waals surface area contributed by atoms with Crippen molar-refractivity contribution < 1.29 is 9.53 Å². The number of aromatic nitrogens is 1. The van der Waals surface area contributed by atoms with Gasteiger partial charge in [-0.2, -0.15) is 5.10 Å². The van der Waals surface area contributed by atoms with Crippen LogP contribution in [-0.2, 0) is 11.2 Å². The number of carbonyl (C=O) groups is 1. The molecule has 2 aromatic carbocycles. The summed E-state index contributed by atoms with van der Waals surface area (Å²) in [5.41, 5.74) is 6.26. The number of amides is 1. The van der Waals surface area contributed by atoms with Gasteiger partial charge < -0.3 is 4.74 Å². The zero-order chi connectivity index (χ0) is 18.6. The van der Waals surface area contributed by atoms with Gasteiger partial charge in [-0.3, -0.25) is 4.79 Å². The molecule has 1 amide bonds. The van der Waals surface area contributed by atoms with E-state index in [2.05, 4.69) is 15.5 Å². The zero-order valence-corrected chi connectivity index (χ0v) is 15.7. The van der Waals surface area contributed by atoms with E-state index in [4.69, 9.17) is 4.74 Å². The molecule has 0 radical (unpaired) electrons. The van der Waals surface area contributed by atoms with Gasteiger partial charge >= 0.3 is 0 Å². The third-order valence-corrected chi connectivity index (χ3v) is 5.16. The van der Waals surface area contributed by atoms with Crippen molar-refractivity contribution in [3.8, 4) is 5.75 Å². The highest BCUT2D eigenvalue weighted by molar-refractivity contribution is 7.09. The summed E-state index contributed by atoms with van der Waals surface area (Å²) in [6.45, 7) is 1.93. The normalized spacial score (nSPS) is 17.2. The third kappa shape index (κ3) is 4.06. The highest BCUT2D eigenvalue weighted by Gasteiger charge is 2.26. The molecular formula is C21H19N3O2S. The first kappa shape index (κ1) is 17.4. The topological polar surface area (TPSA) is 63.6 Å². The fourth-order valence-electron chi connectivity index (χ4n) is 3.07. The van der Waals surface area contributed by atoms with E-state index < -0.39 is 0 Å². The van der Waals surface area contributed by atoms with Crippen LogP contribution in [0.2, 0.25) is 0 Å². The van der Waals surface area contributed by atoms with E-state index in [1.54, 1.807) is 0 Å². The highest BCUT2D eigenvalue weighted by atomic mass is 32.1. The fraction of sp³-hybridized carbons (Fsp3) is 0.190. The number of fused-ring (bicyclic) bond motifs is 1. The van der Waals surface area contributed by atoms with Crippen LogP contribution in [-0.4, -0.2) is 16.6 Å². The SMILES string of the molecule is Cc1nc(CC(=O)N/N=C2\CC(c3ccccc3)Oc3ccccc32)cs1. The summed E-state index contributed by atoms with van der Waals surface area (Å²) in [6.07, 6.45) is 0.691. The molecule has 0 aliphatic carbocycles. The number of nitrogens with zero attached hydrogens (tertiary/aromatic N) is 2. The van der Waals surface area contributed by atoms with Crippen LogP contribution < -0.4 is 10.2 Å². The van der Waals surface area contributed by atoms with Crippen molar-refractivity contribution in [1.29, 1.82) is 0 Å². The molecule has 6 heteroatoms.